The van der Waals surface area contributed by atoms with E-state index < -0.39 is 16.0 Å². The number of ether oxygens (including phenoxy) is 1. The van der Waals surface area contributed by atoms with Crippen molar-refractivity contribution in [3.8, 4) is 0 Å². The summed E-state index contributed by atoms with van der Waals surface area (Å²) in [5, 5.41) is 12.3. The second-order valence-electron chi connectivity index (χ2n) is 5.80. The third kappa shape index (κ3) is 4.66. The van der Waals surface area contributed by atoms with Crippen LogP contribution in [0.1, 0.15) is 37.0 Å². The minimum atomic E-state index is -3.77. The van der Waals surface area contributed by atoms with Gasteiger partial charge in [-0.2, -0.15) is 0 Å². The van der Waals surface area contributed by atoms with Gasteiger partial charge in [-0.05, 0) is 44.9 Å². The molecule has 1 saturated heterocycles. The first-order chi connectivity index (χ1) is 10.8. The molecule has 1 aromatic carbocycles. The number of carboxylic acid groups (broad SMARTS) is 1. The van der Waals surface area contributed by atoms with Crippen molar-refractivity contribution in [3.63, 3.8) is 0 Å². The monoisotopic (exact) mass is 342 g/mol. The summed E-state index contributed by atoms with van der Waals surface area (Å²) in [6, 6.07) is 4.08. The van der Waals surface area contributed by atoms with Crippen LogP contribution in [-0.4, -0.2) is 44.8 Å². The Labute approximate surface area is 136 Å². The topological polar surface area (TPSA) is 105 Å². The number of aromatic carboxylic acids is 1. The van der Waals surface area contributed by atoms with E-state index in [-0.39, 0.29) is 29.1 Å². The lowest BCUT2D eigenvalue weighted by Gasteiger charge is -2.15. The summed E-state index contributed by atoms with van der Waals surface area (Å²) in [6.07, 6.45) is 1.62. The maximum Gasteiger partial charge on any atom is 0.337 e. The highest BCUT2D eigenvalue weighted by atomic mass is 32.2. The molecule has 1 aromatic rings. The third-order valence-corrected chi connectivity index (χ3v) is 4.92. The van der Waals surface area contributed by atoms with Gasteiger partial charge in [0.2, 0.25) is 10.0 Å². The van der Waals surface area contributed by atoms with E-state index in [1.807, 2.05) is 13.8 Å². The van der Waals surface area contributed by atoms with Crippen molar-refractivity contribution in [2.45, 2.75) is 43.7 Å². The van der Waals surface area contributed by atoms with Gasteiger partial charge >= 0.3 is 5.97 Å². The summed E-state index contributed by atoms with van der Waals surface area (Å²) in [4.78, 5) is 11.3. The lowest BCUT2D eigenvalue weighted by atomic mass is 10.1. The molecule has 1 unspecified atom stereocenters. The number of sulfonamides is 1. The van der Waals surface area contributed by atoms with E-state index in [0.717, 1.165) is 12.8 Å². The summed E-state index contributed by atoms with van der Waals surface area (Å²) in [6.45, 7) is 4.58. The summed E-state index contributed by atoms with van der Waals surface area (Å²) >= 11 is 0. The number of benzene rings is 1. The number of hydrogen-bond acceptors (Lipinski definition) is 5. The lowest BCUT2D eigenvalue weighted by Crippen LogP contribution is -2.32. The molecule has 0 aromatic heterocycles. The number of anilines is 1. The van der Waals surface area contributed by atoms with Crippen LogP contribution < -0.4 is 10.0 Å². The molecule has 3 N–H and O–H groups in total. The Morgan fingerprint density at radius 3 is 2.74 bits per heavy atom. The van der Waals surface area contributed by atoms with Crippen LogP contribution in [0.25, 0.3) is 0 Å². The third-order valence-electron chi connectivity index (χ3n) is 3.50. The van der Waals surface area contributed by atoms with Crippen molar-refractivity contribution < 1.29 is 23.1 Å². The van der Waals surface area contributed by atoms with Crippen LogP contribution in [0.4, 0.5) is 5.69 Å². The van der Waals surface area contributed by atoms with E-state index in [0.29, 0.717) is 12.3 Å². The average Bonchev–Trinajstić information content (AvgIpc) is 2.98. The quantitative estimate of drug-likeness (QED) is 0.696. The smallest absolute Gasteiger partial charge is 0.337 e. The molecule has 1 heterocycles. The standard InChI is InChI=1S/C15H22N2O5S/c1-10(2)17-14-6-5-12(8-13(14)15(18)19)23(20,21)16-9-11-4-3-7-22-11/h5-6,8,10-11,16-17H,3-4,7,9H2,1-2H3,(H,18,19). The Bertz CT molecular complexity index is 666. The molecule has 0 amide bonds. The van der Waals surface area contributed by atoms with Crippen molar-refractivity contribution in [1.82, 2.24) is 4.72 Å². The largest absolute Gasteiger partial charge is 0.478 e. The van der Waals surface area contributed by atoms with Crippen molar-refractivity contribution in [1.29, 1.82) is 0 Å². The second-order valence-corrected chi connectivity index (χ2v) is 7.57. The van der Waals surface area contributed by atoms with Gasteiger partial charge in [0.05, 0.1) is 16.6 Å². The van der Waals surface area contributed by atoms with Gasteiger partial charge in [-0.1, -0.05) is 0 Å². The van der Waals surface area contributed by atoms with E-state index in [9.17, 15) is 18.3 Å². The summed E-state index contributed by atoms with van der Waals surface area (Å²) in [7, 11) is -3.77. The lowest BCUT2D eigenvalue weighted by molar-refractivity contribution is 0.0697. The maximum absolute atomic E-state index is 12.3. The van der Waals surface area contributed by atoms with E-state index in [1.54, 1.807) is 0 Å². The highest BCUT2D eigenvalue weighted by molar-refractivity contribution is 7.89. The number of carboxylic acids is 1. The zero-order valence-corrected chi connectivity index (χ0v) is 14.0. The van der Waals surface area contributed by atoms with Gasteiger partial charge in [-0.15, -0.1) is 0 Å². The molecule has 128 valence electrons. The summed E-state index contributed by atoms with van der Waals surface area (Å²) in [5.41, 5.74) is 0.323. The zero-order chi connectivity index (χ0) is 17.0. The van der Waals surface area contributed by atoms with E-state index in [4.69, 9.17) is 4.74 Å². The van der Waals surface area contributed by atoms with Crippen LogP contribution in [0.5, 0.6) is 0 Å². The Morgan fingerprint density at radius 1 is 1.43 bits per heavy atom. The first-order valence-electron chi connectivity index (χ1n) is 7.55. The minimum Gasteiger partial charge on any atom is -0.478 e. The normalized spacial score (nSPS) is 18.3. The first-order valence-corrected chi connectivity index (χ1v) is 9.03. The molecule has 1 fully saturated rings. The van der Waals surface area contributed by atoms with Gasteiger partial charge in [0.15, 0.2) is 0 Å². The van der Waals surface area contributed by atoms with Gasteiger partial charge < -0.3 is 15.2 Å². The van der Waals surface area contributed by atoms with E-state index >= 15 is 0 Å². The fraction of sp³-hybridized carbons (Fsp3) is 0.533. The van der Waals surface area contributed by atoms with Crippen molar-refractivity contribution in [2.75, 3.05) is 18.5 Å². The molecule has 23 heavy (non-hydrogen) atoms. The Kier molecular flexibility index (Phi) is 5.61. The van der Waals surface area contributed by atoms with Crippen molar-refractivity contribution in [3.05, 3.63) is 23.8 Å². The highest BCUT2D eigenvalue weighted by Gasteiger charge is 2.22. The van der Waals surface area contributed by atoms with Gasteiger partial charge in [-0.25, -0.2) is 17.9 Å². The Hall–Kier alpha value is -1.64. The number of rotatable bonds is 7. The van der Waals surface area contributed by atoms with Gasteiger partial charge in [-0.3, -0.25) is 0 Å². The molecule has 0 aliphatic carbocycles. The fourth-order valence-corrected chi connectivity index (χ4v) is 3.49. The molecule has 0 bridgehead atoms. The van der Waals surface area contributed by atoms with Crippen molar-refractivity contribution in [2.24, 2.45) is 0 Å². The van der Waals surface area contributed by atoms with Crippen LogP contribution in [0.2, 0.25) is 0 Å². The number of carbonyl (C=O) groups is 1. The SMILES string of the molecule is CC(C)Nc1ccc(S(=O)(=O)NCC2CCCO2)cc1C(=O)O. The minimum absolute atomic E-state index is 0.0354. The zero-order valence-electron chi connectivity index (χ0n) is 13.2. The highest BCUT2D eigenvalue weighted by Crippen LogP contribution is 2.22. The molecule has 1 aliphatic heterocycles. The fourth-order valence-electron chi connectivity index (χ4n) is 2.40. The average molecular weight is 342 g/mol. The van der Waals surface area contributed by atoms with Crippen LogP contribution in [-0.2, 0) is 14.8 Å². The molecular formula is C15H22N2O5S. The molecule has 7 nitrogen and oxygen atoms in total. The molecule has 0 radical (unpaired) electrons. The van der Waals surface area contributed by atoms with E-state index in [1.165, 1.54) is 18.2 Å². The summed E-state index contributed by atoms with van der Waals surface area (Å²) in [5.74, 6) is -1.18. The molecule has 1 aliphatic rings. The molecule has 0 saturated carbocycles. The van der Waals surface area contributed by atoms with Crippen molar-refractivity contribution >= 4 is 21.7 Å². The molecule has 1 atom stereocenters. The Morgan fingerprint density at radius 2 is 2.17 bits per heavy atom. The predicted molar refractivity (Wildman–Crippen MR) is 86.3 cm³/mol. The second kappa shape index (κ2) is 7.29. The van der Waals surface area contributed by atoms with E-state index in [2.05, 4.69) is 10.0 Å². The predicted octanol–water partition coefficient (Wildman–Crippen LogP) is 1.66. The van der Waals surface area contributed by atoms with Crippen LogP contribution in [0.15, 0.2) is 23.1 Å². The molecule has 0 spiro atoms. The van der Waals surface area contributed by atoms with Gasteiger partial charge in [0, 0.05) is 24.9 Å². The van der Waals surface area contributed by atoms with Crippen LogP contribution >= 0.6 is 0 Å². The Balaban J connectivity index is 2.20. The van der Waals surface area contributed by atoms with Crippen LogP contribution in [0.3, 0.4) is 0 Å². The van der Waals surface area contributed by atoms with Crippen LogP contribution in [0, 0.1) is 0 Å². The molecular weight excluding hydrogens is 320 g/mol. The summed E-state index contributed by atoms with van der Waals surface area (Å²) < 4.78 is 32.5. The molecule has 2 rings (SSSR count). The number of nitrogens with one attached hydrogen (secondary N) is 2. The maximum atomic E-state index is 12.3. The molecule has 8 heteroatoms. The van der Waals surface area contributed by atoms with Gasteiger partial charge in [0.25, 0.3) is 0 Å². The first kappa shape index (κ1) is 17.7. The van der Waals surface area contributed by atoms with Gasteiger partial charge in [0.1, 0.15) is 0 Å². The number of hydrogen-bond donors (Lipinski definition) is 3.